The molecule has 0 spiro atoms. The summed E-state index contributed by atoms with van der Waals surface area (Å²) in [5.74, 6) is 0. The molecule has 0 amide bonds. The molecule has 10 heteroatoms. The van der Waals surface area contributed by atoms with E-state index in [1.165, 1.54) is 0 Å². The Morgan fingerprint density at radius 1 is 1.30 bits per heavy atom. The van der Waals surface area contributed by atoms with Crippen LogP contribution in [0.15, 0.2) is 5.34 Å². The Bertz CT molecular complexity index is 89.7. The molecule has 0 rings (SSSR count). The van der Waals surface area contributed by atoms with Crippen LogP contribution in [0.4, 0.5) is 0 Å². The average Bonchev–Trinajstić information content (AvgIpc) is 1.27. The molecule has 0 aromatic carbocycles. The van der Waals surface area contributed by atoms with Crippen LogP contribution in [0.25, 0.3) is 0 Å². The third-order valence-corrected chi connectivity index (χ3v) is 0. The number of rotatable bonds is 0. The van der Waals surface area contributed by atoms with Crippen molar-refractivity contribution in [1.29, 1.82) is 0 Å². The molecule has 0 aromatic rings. The average molecular weight is 157 g/mol. The van der Waals surface area contributed by atoms with Gasteiger partial charge < -0.3 is 24.8 Å². The molecule has 0 fully saturated rings. The van der Waals surface area contributed by atoms with Crippen molar-refractivity contribution in [2.24, 2.45) is 5.34 Å². The Morgan fingerprint density at radius 2 is 1.30 bits per heavy atom. The molecule has 10 heavy (non-hydrogen) atoms. The Kier molecular flexibility index (Phi) is 27.8. The van der Waals surface area contributed by atoms with Crippen molar-refractivity contribution in [3.63, 3.8) is 0 Å². The van der Waals surface area contributed by atoms with Crippen molar-refractivity contribution in [1.82, 2.24) is 0 Å². The summed E-state index contributed by atoms with van der Waals surface area (Å²) in [6, 6.07) is 0. The van der Waals surface area contributed by atoms with Crippen LogP contribution < -0.4 is 42.6 Å². The normalized spacial score (nSPS) is 7.10. The fraction of sp³-hybridized carbons (Fsp3) is 0. The second-order valence-electron chi connectivity index (χ2n) is 0.565. The second-order valence-corrected chi connectivity index (χ2v) is 1.55. The summed E-state index contributed by atoms with van der Waals surface area (Å²) in [6.07, 6.45) is 0. The van der Waals surface area contributed by atoms with Crippen molar-refractivity contribution in [3.8, 4) is 0 Å². The van der Waals surface area contributed by atoms with Crippen LogP contribution in [0.2, 0.25) is 0 Å². The van der Waals surface area contributed by atoms with E-state index < -0.39 is 7.82 Å². The first-order valence-electron chi connectivity index (χ1n) is 1.13. The minimum atomic E-state index is -4.89. The molecule has 0 unspecified atom stereocenters. The summed E-state index contributed by atoms with van der Waals surface area (Å²) in [6.45, 7) is 0. The summed E-state index contributed by atoms with van der Waals surface area (Å²) in [4.78, 5) is 30.9. The van der Waals surface area contributed by atoms with E-state index in [4.69, 9.17) is 29.4 Å². The van der Waals surface area contributed by atoms with Gasteiger partial charge in [-0.25, -0.2) is 0 Å². The molecule has 0 saturated heterocycles. The predicted octanol–water partition coefficient (Wildman–Crippen LogP) is -7.30. The second kappa shape index (κ2) is 12.4. The summed E-state index contributed by atoms with van der Waals surface area (Å²) in [5, 5.41) is 9.00. The van der Waals surface area contributed by atoms with Crippen LogP contribution >= 0.6 is 7.82 Å². The Labute approximate surface area is 80.4 Å². The van der Waals surface area contributed by atoms with E-state index in [-0.39, 0.29) is 37.7 Å². The van der Waals surface area contributed by atoms with Crippen LogP contribution in [0.5, 0.6) is 0 Å². The van der Waals surface area contributed by atoms with Crippen molar-refractivity contribution < 1.29 is 57.0 Å². The van der Waals surface area contributed by atoms with Crippen molar-refractivity contribution in [3.05, 3.63) is 10.1 Å². The first kappa shape index (κ1) is 22.4. The topological polar surface area (TPSA) is 133 Å². The summed E-state index contributed by atoms with van der Waals surface area (Å²) >= 11 is 0. The zero-order valence-electron chi connectivity index (χ0n) is 5.42. The van der Waals surface area contributed by atoms with Gasteiger partial charge in [0, 0.05) is 0 Å². The SMILES string of the molecule is O=N[O-].O=P([O-])(O)O.[Li+].[Li+]. The van der Waals surface area contributed by atoms with Crippen LogP contribution in [-0.4, -0.2) is 9.79 Å². The standard InChI is InChI=1S/2Li.HNO2.H3O4P/c;;2-1-3;1-5(2,3)4/h;;(H,2,3);(H3,1,2,3,4)/q2*+1;;/p-2. The van der Waals surface area contributed by atoms with Gasteiger partial charge in [0.05, 0.1) is 0 Å². The monoisotopic (exact) mass is 157 g/mol. The van der Waals surface area contributed by atoms with E-state index in [0.29, 0.717) is 0 Å². The molecular formula is H2Li2NO6P. The third kappa shape index (κ3) is 1040. The molecule has 0 radical (unpaired) electrons. The Hall–Kier alpha value is 0.705. The number of hydrogen-bond acceptors (Lipinski definition) is 5. The number of hydrogen-bond donors (Lipinski definition) is 2. The summed E-state index contributed by atoms with van der Waals surface area (Å²) in [7, 11) is -4.89. The minimum absolute atomic E-state index is 0. The van der Waals surface area contributed by atoms with Gasteiger partial charge in [0.15, 0.2) is 0 Å². The van der Waals surface area contributed by atoms with Crippen molar-refractivity contribution in [2.45, 2.75) is 0 Å². The van der Waals surface area contributed by atoms with E-state index in [0.717, 1.165) is 5.34 Å². The van der Waals surface area contributed by atoms with Gasteiger partial charge in [-0.05, 0) is 0 Å². The Morgan fingerprint density at radius 3 is 1.30 bits per heavy atom. The van der Waals surface area contributed by atoms with E-state index in [1.807, 2.05) is 0 Å². The quantitative estimate of drug-likeness (QED) is 0.155. The van der Waals surface area contributed by atoms with Gasteiger partial charge >= 0.3 is 37.7 Å². The van der Waals surface area contributed by atoms with Gasteiger partial charge in [-0.15, -0.1) is 5.34 Å². The predicted molar refractivity (Wildman–Crippen MR) is 21.2 cm³/mol. The van der Waals surface area contributed by atoms with E-state index >= 15 is 0 Å². The molecule has 0 heterocycles. The van der Waals surface area contributed by atoms with Crippen LogP contribution in [0.1, 0.15) is 0 Å². The van der Waals surface area contributed by atoms with Gasteiger partial charge in [0.2, 0.25) is 0 Å². The van der Waals surface area contributed by atoms with Gasteiger partial charge in [-0.1, -0.05) is 0 Å². The summed E-state index contributed by atoms with van der Waals surface area (Å²) in [5.41, 5.74) is 0. The third-order valence-electron chi connectivity index (χ3n) is 0. The molecule has 2 N–H and O–H groups in total. The fourth-order valence-electron chi connectivity index (χ4n) is 0. The molecule has 0 atom stereocenters. The molecule has 0 aliphatic carbocycles. The maximum atomic E-state index is 8.77. The maximum absolute atomic E-state index is 8.77. The molecule has 0 aliphatic rings. The molecule has 0 aromatic heterocycles. The first-order chi connectivity index (χ1) is 3.41. The maximum Gasteiger partial charge on any atom is 1.00 e. The smallest absolute Gasteiger partial charge is 0.756 e. The van der Waals surface area contributed by atoms with Gasteiger partial charge in [-0.3, -0.25) is 4.57 Å². The first-order valence-corrected chi connectivity index (χ1v) is 2.66. The van der Waals surface area contributed by atoms with E-state index in [9.17, 15) is 0 Å². The molecular weight excluding hydrogens is 155 g/mol. The zero-order chi connectivity index (χ0) is 7.21. The fourth-order valence-corrected chi connectivity index (χ4v) is 0. The zero-order valence-corrected chi connectivity index (χ0v) is 6.32. The minimum Gasteiger partial charge on any atom is -0.756 e. The van der Waals surface area contributed by atoms with Crippen LogP contribution in [0, 0.1) is 10.1 Å². The van der Waals surface area contributed by atoms with Crippen molar-refractivity contribution >= 4 is 7.82 Å². The van der Waals surface area contributed by atoms with Gasteiger partial charge in [0.25, 0.3) is 7.82 Å². The van der Waals surface area contributed by atoms with Crippen LogP contribution in [-0.2, 0) is 4.57 Å². The van der Waals surface area contributed by atoms with Crippen LogP contribution in [0.3, 0.4) is 0 Å². The molecule has 0 saturated carbocycles. The number of phosphoric acid groups is 1. The van der Waals surface area contributed by atoms with Crippen molar-refractivity contribution in [2.75, 3.05) is 0 Å². The molecule has 0 aliphatic heterocycles. The van der Waals surface area contributed by atoms with Gasteiger partial charge in [0.1, 0.15) is 0 Å². The van der Waals surface area contributed by atoms with E-state index in [1.54, 1.807) is 0 Å². The summed E-state index contributed by atoms with van der Waals surface area (Å²) < 4.78 is 8.77. The largest absolute Gasteiger partial charge is 1.00 e. The molecule has 7 nitrogen and oxygen atoms in total. The Balaban J connectivity index is -0.0000000326. The van der Waals surface area contributed by atoms with Gasteiger partial charge in [-0.2, -0.15) is 0 Å². The molecule has 50 valence electrons. The van der Waals surface area contributed by atoms with E-state index in [2.05, 4.69) is 0 Å². The number of nitrogens with zero attached hydrogens (tertiary/aromatic N) is 1. The molecule has 0 bridgehead atoms.